The van der Waals surface area contributed by atoms with Gasteiger partial charge in [-0.05, 0) is 0 Å². The molecule has 7 heteroatoms. The Morgan fingerprint density at radius 1 is 0.933 bits per heavy atom. The van der Waals surface area contributed by atoms with Crippen molar-refractivity contribution in [1.29, 1.82) is 0 Å². The van der Waals surface area contributed by atoms with Crippen molar-refractivity contribution >= 4 is 7.82 Å². The molecule has 0 amide bonds. The molecule has 0 aromatic rings. The van der Waals surface area contributed by atoms with E-state index in [0.717, 1.165) is 0 Å². The number of hydrogen-bond acceptors (Lipinski definition) is 5. The fourth-order valence-corrected chi connectivity index (χ4v) is 2.06. The predicted molar refractivity (Wildman–Crippen MR) is 57.8 cm³/mol. The first-order valence-corrected chi connectivity index (χ1v) is 6.70. The Bertz CT molecular complexity index is 189. The van der Waals surface area contributed by atoms with Gasteiger partial charge < -0.3 is 4.89 Å². The van der Waals surface area contributed by atoms with E-state index in [1.165, 1.54) is 10.1 Å². The van der Waals surface area contributed by atoms with Gasteiger partial charge in [0.1, 0.15) is 0 Å². The number of rotatable bonds is 8. The SMILES string of the molecule is CCN(CC)OP(=O)(O)ON(CC)CC. The molecule has 0 unspecified atom stereocenters. The average Bonchev–Trinajstić information content (AvgIpc) is 2.22. The van der Waals surface area contributed by atoms with Gasteiger partial charge in [-0.2, -0.15) is 19.4 Å². The smallest absolute Gasteiger partial charge is 0.300 e. The third-order valence-corrected chi connectivity index (χ3v) is 2.72. The second-order valence-corrected chi connectivity index (χ2v) is 4.12. The van der Waals surface area contributed by atoms with Crippen LogP contribution in [0.25, 0.3) is 0 Å². The highest BCUT2D eigenvalue weighted by Crippen LogP contribution is 2.44. The molecular weight excluding hydrogens is 219 g/mol. The maximum atomic E-state index is 11.5. The van der Waals surface area contributed by atoms with Crippen LogP contribution >= 0.6 is 7.82 Å². The minimum Gasteiger partial charge on any atom is -0.300 e. The molecule has 0 aromatic heterocycles. The Balaban J connectivity index is 4.21. The summed E-state index contributed by atoms with van der Waals surface area (Å²) in [6.45, 7) is 9.46. The average molecular weight is 240 g/mol. The van der Waals surface area contributed by atoms with Gasteiger partial charge in [0.15, 0.2) is 0 Å². The first-order chi connectivity index (χ1) is 6.99. The van der Waals surface area contributed by atoms with Gasteiger partial charge in [0, 0.05) is 26.2 Å². The minimum absolute atomic E-state index is 0.530. The summed E-state index contributed by atoms with van der Waals surface area (Å²) in [5.41, 5.74) is 0. The molecule has 0 spiro atoms. The fraction of sp³-hybridized carbons (Fsp3) is 1.00. The third kappa shape index (κ3) is 6.25. The summed E-state index contributed by atoms with van der Waals surface area (Å²) in [6.07, 6.45) is 0. The minimum atomic E-state index is -4.02. The Hall–Kier alpha value is 0.0300. The summed E-state index contributed by atoms with van der Waals surface area (Å²) in [6, 6.07) is 0. The molecular formula is C8H21N2O4P. The lowest BCUT2D eigenvalue weighted by atomic mass is 10.6. The van der Waals surface area contributed by atoms with Crippen LogP contribution in [-0.4, -0.2) is 41.2 Å². The number of hydrogen-bond donors (Lipinski definition) is 1. The molecule has 0 heterocycles. The molecule has 0 saturated heterocycles. The second kappa shape index (κ2) is 7.33. The lowest BCUT2D eigenvalue weighted by Gasteiger charge is -2.24. The Morgan fingerprint density at radius 2 is 1.20 bits per heavy atom. The fourth-order valence-electron chi connectivity index (χ4n) is 0.985. The maximum Gasteiger partial charge on any atom is 0.505 e. The molecule has 0 fully saturated rings. The van der Waals surface area contributed by atoms with E-state index in [2.05, 4.69) is 0 Å². The largest absolute Gasteiger partial charge is 0.505 e. The summed E-state index contributed by atoms with van der Waals surface area (Å²) < 4.78 is 21.2. The van der Waals surface area contributed by atoms with E-state index in [1.54, 1.807) is 0 Å². The van der Waals surface area contributed by atoms with E-state index in [1.807, 2.05) is 27.7 Å². The van der Waals surface area contributed by atoms with Crippen molar-refractivity contribution in [2.24, 2.45) is 0 Å². The molecule has 0 aliphatic rings. The molecule has 1 N–H and O–H groups in total. The van der Waals surface area contributed by atoms with Crippen molar-refractivity contribution in [3.05, 3.63) is 0 Å². The zero-order chi connectivity index (χ0) is 11.9. The van der Waals surface area contributed by atoms with Gasteiger partial charge in [-0.15, -0.1) is 0 Å². The Morgan fingerprint density at radius 3 is 1.40 bits per heavy atom. The Labute approximate surface area is 91.3 Å². The van der Waals surface area contributed by atoms with Gasteiger partial charge in [-0.25, -0.2) is 4.57 Å². The normalized spacial score (nSPS) is 12.7. The van der Waals surface area contributed by atoms with E-state index in [4.69, 9.17) is 9.25 Å². The van der Waals surface area contributed by atoms with Crippen molar-refractivity contribution in [2.45, 2.75) is 27.7 Å². The first-order valence-electron chi connectivity index (χ1n) is 5.21. The van der Waals surface area contributed by atoms with Crippen LogP contribution in [0.2, 0.25) is 0 Å². The molecule has 0 bridgehead atoms. The van der Waals surface area contributed by atoms with Gasteiger partial charge in [0.05, 0.1) is 0 Å². The van der Waals surface area contributed by atoms with Crippen LogP contribution in [0.4, 0.5) is 0 Å². The van der Waals surface area contributed by atoms with Crippen LogP contribution in [0.1, 0.15) is 27.7 Å². The van der Waals surface area contributed by atoms with Crippen molar-refractivity contribution < 1.29 is 18.7 Å². The summed E-state index contributed by atoms with van der Waals surface area (Å²) in [4.78, 5) is 9.41. The Kier molecular flexibility index (Phi) is 7.34. The van der Waals surface area contributed by atoms with Crippen LogP contribution in [0.15, 0.2) is 0 Å². The number of phosphoric acid groups is 1. The number of nitrogens with zero attached hydrogens (tertiary/aromatic N) is 2. The van der Waals surface area contributed by atoms with E-state index < -0.39 is 7.82 Å². The van der Waals surface area contributed by atoms with Gasteiger partial charge in [0.25, 0.3) is 0 Å². The molecule has 0 aliphatic carbocycles. The van der Waals surface area contributed by atoms with Crippen molar-refractivity contribution in [3.8, 4) is 0 Å². The van der Waals surface area contributed by atoms with Crippen LogP contribution in [-0.2, 0) is 13.8 Å². The van der Waals surface area contributed by atoms with Gasteiger partial charge >= 0.3 is 7.82 Å². The first kappa shape index (κ1) is 15.0. The molecule has 0 aromatic carbocycles. The molecule has 0 rings (SSSR count). The standard InChI is InChI=1S/C8H21N2O4P/c1-5-9(6-2)13-15(11,12)14-10(7-3)8-4/h5-8H2,1-4H3,(H,11,12). The quantitative estimate of drug-likeness (QED) is 0.514. The maximum absolute atomic E-state index is 11.5. The van der Waals surface area contributed by atoms with Crippen molar-refractivity contribution in [2.75, 3.05) is 26.2 Å². The van der Waals surface area contributed by atoms with Crippen LogP contribution < -0.4 is 0 Å². The zero-order valence-electron chi connectivity index (χ0n) is 9.84. The van der Waals surface area contributed by atoms with Crippen LogP contribution in [0.3, 0.4) is 0 Å². The third-order valence-electron chi connectivity index (χ3n) is 1.85. The van der Waals surface area contributed by atoms with Gasteiger partial charge in [-0.3, -0.25) is 0 Å². The van der Waals surface area contributed by atoms with Crippen LogP contribution in [0.5, 0.6) is 0 Å². The summed E-state index contributed by atoms with van der Waals surface area (Å²) in [5.74, 6) is 0. The summed E-state index contributed by atoms with van der Waals surface area (Å²) in [5, 5.41) is 2.76. The molecule has 0 saturated carbocycles. The molecule has 0 aliphatic heterocycles. The molecule has 6 nitrogen and oxygen atoms in total. The van der Waals surface area contributed by atoms with E-state index in [9.17, 15) is 9.46 Å². The highest BCUT2D eigenvalue weighted by Gasteiger charge is 2.27. The molecule has 0 atom stereocenters. The van der Waals surface area contributed by atoms with E-state index in [-0.39, 0.29) is 0 Å². The highest BCUT2D eigenvalue weighted by molar-refractivity contribution is 7.47. The molecule has 15 heavy (non-hydrogen) atoms. The van der Waals surface area contributed by atoms with Crippen molar-refractivity contribution in [1.82, 2.24) is 10.1 Å². The molecule has 92 valence electrons. The van der Waals surface area contributed by atoms with Gasteiger partial charge in [0.2, 0.25) is 0 Å². The monoisotopic (exact) mass is 240 g/mol. The topological polar surface area (TPSA) is 62.2 Å². The van der Waals surface area contributed by atoms with Crippen LogP contribution in [0, 0.1) is 0 Å². The lowest BCUT2D eigenvalue weighted by molar-refractivity contribution is -0.134. The zero-order valence-corrected chi connectivity index (χ0v) is 10.7. The van der Waals surface area contributed by atoms with E-state index >= 15 is 0 Å². The number of hydroxylamine groups is 4. The predicted octanol–water partition coefficient (Wildman–Crippen LogP) is 1.63. The van der Waals surface area contributed by atoms with Crippen molar-refractivity contribution in [3.63, 3.8) is 0 Å². The van der Waals surface area contributed by atoms with E-state index in [0.29, 0.717) is 26.2 Å². The van der Waals surface area contributed by atoms with Gasteiger partial charge in [-0.1, -0.05) is 27.7 Å². The summed E-state index contributed by atoms with van der Waals surface area (Å²) >= 11 is 0. The second-order valence-electron chi connectivity index (χ2n) is 2.86. The highest BCUT2D eigenvalue weighted by atomic mass is 31.2. The lowest BCUT2D eigenvalue weighted by Crippen LogP contribution is -2.27. The molecule has 0 radical (unpaired) electrons. The summed E-state index contributed by atoms with van der Waals surface area (Å²) in [7, 11) is -4.02.